The normalized spacial score (nSPS) is 12.2. The number of pyridine rings is 1. The average Bonchev–Trinajstić information content (AvgIpc) is 2.28. The number of rotatable bonds is 5. The van der Waals surface area contributed by atoms with Crippen LogP contribution >= 0.6 is 11.6 Å². The standard InChI is InChI=1S/C12H17ClN2O2/c1-9-4-10(6-14-5-9)12(16)15(2)7-11(13)8-17-3/h4-6,11H,7-8H2,1-3H3. The van der Waals surface area contributed by atoms with E-state index in [2.05, 4.69) is 4.98 Å². The predicted octanol–water partition coefficient (Wildman–Crippen LogP) is 1.72. The van der Waals surface area contributed by atoms with Crippen LogP contribution in [0, 0.1) is 6.92 Å². The van der Waals surface area contributed by atoms with E-state index in [1.54, 1.807) is 31.5 Å². The summed E-state index contributed by atoms with van der Waals surface area (Å²) in [5.41, 5.74) is 1.54. The molecule has 0 fully saturated rings. The van der Waals surface area contributed by atoms with Gasteiger partial charge in [-0.1, -0.05) is 0 Å². The Morgan fingerprint density at radius 1 is 1.59 bits per heavy atom. The summed E-state index contributed by atoms with van der Waals surface area (Å²) in [7, 11) is 3.30. The number of aromatic nitrogens is 1. The molecule has 0 aliphatic heterocycles. The Hall–Kier alpha value is -1.13. The zero-order chi connectivity index (χ0) is 12.8. The summed E-state index contributed by atoms with van der Waals surface area (Å²) in [5, 5.41) is -0.202. The molecule has 0 aliphatic carbocycles. The molecule has 1 heterocycles. The third-order valence-electron chi connectivity index (χ3n) is 2.29. The zero-order valence-corrected chi connectivity index (χ0v) is 11.1. The minimum Gasteiger partial charge on any atom is -0.383 e. The second-order valence-corrected chi connectivity index (χ2v) is 4.61. The average molecular weight is 257 g/mol. The highest BCUT2D eigenvalue weighted by Gasteiger charge is 2.15. The third-order valence-corrected chi connectivity index (χ3v) is 2.55. The van der Waals surface area contributed by atoms with Gasteiger partial charge < -0.3 is 9.64 Å². The number of amides is 1. The molecule has 17 heavy (non-hydrogen) atoms. The Labute approximate surface area is 107 Å². The molecule has 0 aliphatic rings. The zero-order valence-electron chi connectivity index (χ0n) is 10.3. The molecule has 1 aromatic heterocycles. The molecule has 1 unspecified atom stereocenters. The molecular weight excluding hydrogens is 240 g/mol. The number of hydrogen-bond acceptors (Lipinski definition) is 3. The van der Waals surface area contributed by atoms with Gasteiger partial charge >= 0.3 is 0 Å². The number of hydrogen-bond donors (Lipinski definition) is 0. The fourth-order valence-corrected chi connectivity index (χ4v) is 1.84. The largest absolute Gasteiger partial charge is 0.383 e. The third kappa shape index (κ3) is 4.32. The maximum atomic E-state index is 12.0. The van der Waals surface area contributed by atoms with Crippen molar-refractivity contribution in [1.82, 2.24) is 9.88 Å². The highest BCUT2D eigenvalue weighted by molar-refractivity contribution is 6.21. The monoisotopic (exact) mass is 256 g/mol. The Bertz CT molecular complexity index is 385. The molecule has 0 N–H and O–H groups in total. The summed E-state index contributed by atoms with van der Waals surface area (Å²) in [6, 6.07) is 1.81. The van der Waals surface area contributed by atoms with Gasteiger partial charge in [0.15, 0.2) is 0 Å². The second kappa shape index (κ2) is 6.57. The highest BCUT2D eigenvalue weighted by atomic mass is 35.5. The van der Waals surface area contributed by atoms with Crippen molar-refractivity contribution >= 4 is 17.5 Å². The molecule has 1 rings (SSSR count). The molecule has 4 nitrogen and oxygen atoms in total. The SMILES string of the molecule is COCC(Cl)CN(C)C(=O)c1cncc(C)c1. The molecule has 1 aromatic rings. The van der Waals surface area contributed by atoms with E-state index >= 15 is 0 Å². The summed E-state index contributed by atoms with van der Waals surface area (Å²) in [4.78, 5) is 17.6. The topological polar surface area (TPSA) is 42.4 Å². The maximum absolute atomic E-state index is 12.0. The Kier molecular flexibility index (Phi) is 5.38. The van der Waals surface area contributed by atoms with Crippen LogP contribution < -0.4 is 0 Å². The Morgan fingerprint density at radius 3 is 2.88 bits per heavy atom. The number of aryl methyl sites for hydroxylation is 1. The van der Waals surface area contributed by atoms with E-state index in [0.717, 1.165) is 5.56 Å². The van der Waals surface area contributed by atoms with Gasteiger partial charge in [0, 0.05) is 33.1 Å². The van der Waals surface area contributed by atoms with Gasteiger partial charge in [-0.2, -0.15) is 0 Å². The van der Waals surface area contributed by atoms with Crippen LogP contribution in [0.2, 0.25) is 0 Å². The van der Waals surface area contributed by atoms with Gasteiger partial charge in [0.25, 0.3) is 5.91 Å². The molecule has 0 spiro atoms. The highest BCUT2D eigenvalue weighted by Crippen LogP contribution is 2.07. The molecule has 94 valence electrons. The van der Waals surface area contributed by atoms with Gasteiger partial charge in [-0.15, -0.1) is 11.6 Å². The maximum Gasteiger partial charge on any atom is 0.255 e. The first-order valence-electron chi connectivity index (χ1n) is 5.34. The van der Waals surface area contributed by atoms with Crippen LogP contribution in [0.1, 0.15) is 15.9 Å². The Morgan fingerprint density at radius 2 is 2.29 bits per heavy atom. The summed E-state index contributed by atoms with van der Waals surface area (Å²) < 4.78 is 4.93. The number of nitrogens with zero attached hydrogens (tertiary/aromatic N) is 2. The molecule has 0 saturated carbocycles. The first-order valence-corrected chi connectivity index (χ1v) is 5.78. The summed E-state index contributed by atoms with van der Waals surface area (Å²) >= 11 is 6.00. The second-order valence-electron chi connectivity index (χ2n) is 3.99. The van der Waals surface area contributed by atoms with E-state index in [0.29, 0.717) is 18.7 Å². The lowest BCUT2D eigenvalue weighted by Crippen LogP contribution is -2.34. The van der Waals surface area contributed by atoms with Crippen LogP contribution in [0.3, 0.4) is 0 Å². The van der Waals surface area contributed by atoms with Crippen LogP contribution in [-0.2, 0) is 4.74 Å². The predicted molar refractivity (Wildman–Crippen MR) is 67.5 cm³/mol. The molecule has 1 atom stereocenters. The fraction of sp³-hybridized carbons (Fsp3) is 0.500. The van der Waals surface area contributed by atoms with E-state index in [1.165, 1.54) is 0 Å². The smallest absolute Gasteiger partial charge is 0.255 e. The van der Waals surface area contributed by atoms with Crippen molar-refractivity contribution in [2.45, 2.75) is 12.3 Å². The fourth-order valence-electron chi connectivity index (χ4n) is 1.51. The minimum atomic E-state index is -0.202. The Balaban J connectivity index is 2.63. The van der Waals surface area contributed by atoms with Crippen molar-refractivity contribution in [3.05, 3.63) is 29.6 Å². The van der Waals surface area contributed by atoms with Crippen molar-refractivity contribution < 1.29 is 9.53 Å². The number of halogens is 1. The van der Waals surface area contributed by atoms with Crippen molar-refractivity contribution in [2.75, 3.05) is 27.3 Å². The van der Waals surface area contributed by atoms with Crippen LogP contribution in [0.4, 0.5) is 0 Å². The van der Waals surface area contributed by atoms with Gasteiger partial charge in [-0.05, 0) is 18.6 Å². The van der Waals surface area contributed by atoms with Crippen molar-refractivity contribution in [3.63, 3.8) is 0 Å². The van der Waals surface area contributed by atoms with Gasteiger partial charge in [-0.25, -0.2) is 0 Å². The van der Waals surface area contributed by atoms with E-state index in [-0.39, 0.29) is 11.3 Å². The van der Waals surface area contributed by atoms with Gasteiger partial charge in [0.1, 0.15) is 0 Å². The van der Waals surface area contributed by atoms with E-state index in [1.807, 2.05) is 13.0 Å². The van der Waals surface area contributed by atoms with Crippen LogP contribution in [0.25, 0.3) is 0 Å². The summed E-state index contributed by atoms with van der Waals surface area (Å²) in [5.74, 6) is -0.0806. The van der Waals surface area contributed by atoms with Crippen LogP contribution in [0.15, 0.2) is 18.5 Å². The molecule has 1 amide bonds. The van der Waals surface area contributed by atoms with E-state index < -0.39 is 0 Å². The molecule has 0 bridgehead atoms. The van der Waals surface area contributed by atoms with Gasteiger partial charge in [0.05, 0.1) is 17.5 Å². The summed E-state index contributed by atoms with van der Waals surface area (Å²) in [6.07, 6.45) is 3.28. The van der Waals surface area contributed by atoms with Gasteiger partial charge in [0.2, 0.25) is 0 Å². The lowest BCUT2D eigenvalue weighted by Gasteiger charge is -2.20. The molecule has 5 heteroatoms. The molecular formula is C12H17ClN2O2. The van der Waals surface area contributed by atoms with Crippen LogP contribution in [-0.4, -0.2) is 48.5 Å². The number of carbonyl (C=O) groups excluding carboxylic acids is 1. The van der Waals surface area contributed by atoms with Crippen molar-refractivity contribution in [3.8, 4) is 0 Å². The van der Waals surface area contributed by atoms with E-state index in [9.17, 15) is 4.79 Å². The first-order chi connectivity index (χ1) is 8.04. The first kappa shape index (κ1) is 13.9. The number of alkyl halides is 1. The lowest BCUT2D eigenvalue weighted by atomic mass is 10.2. The van der Waals surface area contributed by atoms with E-state index in [4.69, 9.17) is 16.3 Å². The minimum absolute atomic E-state index is 0.0806. The lowest BCUT2D eigenvalue weighted by molar-refractivity contribution is 0.0781. The molecule has 0 saturated heterocycles. The van der Waals surface area contributed by atoms with Crippen molar-refractivity contribution in [2.24, 2.45) is 0 Å². The molecule has 0 radical (unpaired) electrons. The quantitative estimate of drug-likeness (QED) is 0.754. The van der Waals surface area contributed by atoms with Gasteiger partial charge in [-0.3, -0.25) is 9.78 Å². The molecule has 0 aromatic carbocycles. The van der Waals surface area contributed by atoms with Crippen molar-refractivity contribution in [1.29, 1.82) is 0 Å². The number of carbonyl (C=O) groups is 1. The number of ether oxygens (including phenoxy) is 1. The summed E-state index contributed by atoms with van der Waals surface area (Å²) in [6.45, 7) is 2.77. The number of methoxy groups -OCH3 is 1. The van der Waals surface area contributed by atoms with Crippen LogP contribution in [0.5, 0.6) is 0 Å².